The molecule has 0 radical (unpaired) electrons. The van der Waals surface area contributed by atoms with Gasteiger partial charge in [-0.3, -0.25) is 9.69 Å². The Morgan fingerprint density at radius 2 is 2.40 bits per heavy atom. The lowest BCUT2D eigenvalue weighted by molar-refractivity contribution is -0.150. The third kappa shape index (κ3) is 2.59. The van der Waals surface area contributed by atoms with Crippen molar-refractivity contribution in [2.24, 2.45) is 0 Å². The van der Waals surface area contributed by atoms with Gasteiger partial charge in [-0.15, -0.1) is 0 Å². The van der Waals surface area contributed by atoms with Gasteiger partial charge >= 0.3 is 5.97 Å². The van der Waals surface area contributed by atoms with Crippen LogP contribution in [0.3, 0.4) is 0 Å². The number of rotatable bonds is 4. The van der Waals surface area contributed by atoms with Crippen LogP contribution in [0.2, 0.25) is 0 Å². The number of aliphatic carboxylic acids is 1. The monoisotopic (exact) mass is 278 g/mol. The number of aromatic nitrogens is 1. The Hall–Kier alpha value is -2.12. The SMILES string of the molecule is O=C(O)C1COCCN1Cc1cc(-c2ccco2)on1. The number of carboxylic acids is 1. The summed E-state index contributed by atoms with van der Waals surface area (Å²) >= 11 is 0. The lowest BCUT2D eigenvalue weighted by atomic mass is 10.2. The smallest absolute Gasteiger partial charge is 0.323 e. The summed E-state index contributed by atoms with van der Waals surface area (Å²) in [7, 11) is 0. The molecule has 1 aliphatic rings. The molecule has 2 aromatic heterocycles. The Morgan fingerprint density at radius 1 is 1.50 bits per heavy atom. The maximum absolute atomic E-state index is 11.2. The van der Waals surface area contributed by atoms with Crippen LogP contribution in [0.4, 0.5) is 0 Å². The summed E-state index contributed by atoms with van der Waals surface area (Å²) in [5.74, 6) is 0.241. The van der Waals surface area contributed by atoms with Crippen LogP contribution in [-0.2, 0) is 16.1 Å². The van der Waals surface area contributed by atoms with Crippen molar-refractivity contribution in [3.8, 4) is 11.5 Å². The van der Waals surface area contributed by atoms with Gasteiger partial charge in [0.2, 0.25) is 5.76 Å². The predicted molar refractivity (Wildman–Crippen MR) is 66.9 cm³/mol. The second-order valence-corrected chi connectivity index (χ2v) is 4.56. The Morgan fingerprint density at radius 3 is 3.15 bits per heavy atom. The van der Waals surface area contributed by atoms with Crippen LogP contribution >= 0.6 is 0 Å². The van der Waals surface area contributed by atoms with Crippen molar-refractivity contribution in [1.82, 2.24) is 10.1 Å². The molecular formula is C13H14N2O5. The van der Waals surface area contributed by atoms with Gasteiger partial charge < -0.3 is 18.8 Å². The van der Waals surface area contributed by atoms with Gasteiger partial charge in [0.25, 0.3) is 0 Å². The normalized spacial score (nSPS) is 20.1. The van der Waals surface area contributed by atoms with E-state index < -0.39 is 12.0 Å². The fraction of sp³-hybridized carbons (Fsp3) is 0.385. The van der Waals surface area contributed by atoms with Gasteiger partial charge in [0, 0.05) is 19.2 Å². The van der Waals surface area contributed by atoms with Crippen molar-refractivity contribution in [1.29, 1.82) is 0 Å². The molecule has 0 amide bonds. The minimum Gasteiger partial charge on any atom is -0.480 e. The van der Waals surface area contributed by atoms with Gasteiger partial charge in [0.1, 0.15) is 6.04 Å². The standard InChI is InChI=1S/C13H14N2O5/c16-13(17)10-8-18-5-3-15(10)7-9-6-12(20-14-9)11-2-1-4-19-11/h1-2,4,6,10H,3,5,7-8H2,(H,16,17). The Balaban J connectivity index is 1.72. The first-order valence-electron chi connectivity index (χ1n) is 6.28. The molecule has 1 saturated heterocycles. The van der Waals surface area contributed by atoms with Crippen molar-refractivity contribution in [3.63, 3.8) is 0 Å². The number of hydrogen-bond acceptors (Lipinski definition) is 6. The highest BCUT2D eigenvalue weighted by Crippen LogP contribution is 2.22. The molecule has 0 saturated carbocycles. The Labute approximate surface area is 114 Å². The molecule has 7 heteroatoms. The summed E-state index contributed by atoms with van der Waals surface area (Å²) in [4.78, 5) is 13.0. The quantitative estimate of drug-likeness (QED) is 0.899. The summed E-state index contributed by atoms with van der Waals surface area (Å²) < 4.78 is 15.6. The molecule has 20 heavy (non-hydrogen) atoms. The second kappa shape index (κ2) is 5.48. The molecule has 1 atom stereocenters. The van der Waals surface area contributed by atoms with E-state index in [9.17, 15) is 4.79 Å². The van der Waals surface area contributed by atoms with Crippen LogP contribution in [0.15, 0.2) is 33.4 Å². The topological polar surface area (TPSA) is 88.9 Å². The molecule has 106 valence electrons. The number of carbonyl (C=O) groups is 1. The Bertz CT molecular complexity index is 577. The first-order chi connectivity index (χ1) is 9.74. The summed E-state index contributed by atoms with van der Waals surface area (Å²) in [5.41, 5.74) is 0.671. The molecule has 0 aromatic carbocycles. The van der Waals surface area contributed by atoms with E-state index in [1.807, 2.05) is 4.90 Å². The molecule has 0 spiro atoms. The first kappa shape index (κ1) is 12.9. The summed E-state index contributed by atoms with van der Waals surface area (Å²) in [6, 6.07) is 4.65. The highest BCUT2D eigenvalue weighted by Gasteiger charge is 2.29. The molecule has 1 N–H and O–H groups in total. The van der Waals surface area contributed by atoms with Crippen molar-refractivity contribution in [2.45, 2.75) is 12.6 Å². The molecule has 0 aliphatic carbocycles. The zero-order chi connectivity index (χ0) is 13.9. The number of furan rings is 1. The first-order valence-corrected chi connectivity index (χ1v) is 6.28. The minimum atomic E-state index is -0.889. The third-order valence-electron chi connectivity index (χ3n) is 3.21. The molecule has 1 aliphatic heterocycles. The molecular weight excluding hydrogens is 264 g/mol. The van der Waals surface area contributed by atoms with E-state index in [2.05, 4.69) is 5.16 Å². The van der Waals surface area contributed by atoms with Crippen molar-refractivity contribution in [3.05, 3.63) is 30.2 Å². The van der Waals surface area contributed by atoms with E-state index in [0.717, 1.165) is 0 Å². The van der Waals surface area contributed by atoms with Crippen LogP contribution in [0.25, 0.3) is 11.5 Å². The van der Waals surface area contributed by atoms with Gasteiger partial charge in [-0.2, -0.15) is 0 Å². The largest absolute Gasteiger partial charge is 0.480 e. The maximum atomic E-state index is 11.2. The van der Waals surface area contributed by atoms with E-state index in [-0.39, 0.29) is 6.61 Å². The average molecular weight is 278 g/mol. The van der Waals surface area contributed by atoms with E-state index in [1.54, 1.807) is 24.5 Å². The second-order valence-electron chi connectivity index (χ2n) is 4.56. The van der Waals surface area contributed by atoms with Crippen LogP contribution in [-0.4, -0.2) is 46.9 Å². The summed E-state index contributed by atoms with van der Waals surface area (Å²) in [5, 5.41) is 13.1. The number of carboxylic acid groups (broad SMARTS) is 1. The highest BCUT2D eigenvalue weighted by molar-refractivity contribution is 5.73. The van der Waals surface area contributed by atoms with Crippen LogP contribution in [0.1, 0.15) is 5.69 Å². The molecule has 2 aromatic rings. The van der Waals surface area contributed by atoms with E-state index in [0.29, 0.717) is 36.9 Å². The van der Waals surface area contributed by atoms with E-state index in [1.165, 1.54) is 0 Å². The number of ether oxygens (including phenoxy) is 1. The van der Waals surface area contributed by atoms with Gasteiger partial charge in [-0.1, -0.05) is 5.16 Å². The van der Waals surface area contributed by atoms with Crippen molar-refractivity contribution in [2.75, 3.05) is 19.8 Å². The van der Waals surface area contributed by atoms with Gasteiger partial charge in [0.05, 0.1) is 25.2 Å². The average Bonchev–Trinajstić information content (AvgIpc) is 3.09. The summed E-state index contributed by atoms with van der Waals surface area (Å²) in [6.07, 6.45) is 1.56. The van der Waals surface area contributed by atoms with Gasteiger partial charge in [-0.25, -0.2) is 0 Å². The van der Waals surface area contributed by atoms with Crippen LogP contribution in [0.5, 0.6) is 0 Å². The zero-order valence-corrected chi connectivity index (χ0v) is 10.7. The van der Waals surface area contributed by atoms with E-state index in [4.69, 9.17) is 18.8 Å². The van der Waals surface area contributed by atoms with Gasteiger partial charge in [0.15, 0.2) is 5.76 Å². The lowest BCUT2D eigenvalue weighted by Gasteiger charge is -2.31. The van der Waals surface area contributed by atoms with Crippen LogP contribution in [0, 0.1) is 0 Å². The number of hydrogen-bond donors (Lipinski definition) is 1. The number of nitrogens with zero attached hydrogens (tertiary/aromatic N) is 2. The lowest BCUT2D eigenvalue weighted by Crippen LogP contribution is -2.49. The van der Waals surface area contributed by atoms with Crippen LogP contribution < -0.4 is 0 Å². The van der Waals surface area contributed by atoms with Crippen molar-refractivity contribution < 1.29 is 23.6 Å². The molecule has 1 unspecified atom stereocenters. The highest BCUT2D eigenvalue weighted by atomic mass is 16.5. The minimum absolute atomic E-state index is 0.193. The fourth-order valence-corrected chi connectivity index (χ4v) is 2.18. The Kier molecular flexibility index (Phi) is 3.53. The number of morpholine rings is 1. The molecule has 1 fully saturated rings. The molecule has 3 heterocycles. The van der Waals surface area contributed by atoms with E-state index >= 15 is 0 Å². The molecule has 0 bridgehead atoms. The van der Waals surface area contributed by atoms with Gasteiger partial charge in [-0.05, 0) is 12.1 Å². The predicted octanol–water partition coefficient (Wildman–Crippen LogP) is 1.22. The molecule has 3 rings (SSSR count). The maximum Gasteiger partial charge on any atom is 0.323 e. The summed E-state index contributed by atoms with van der Waals surface area (Å²) in [6.45, 7) is 1.68. The zero-order valence-electron chi connectivity index (χ0n) is 10.7. The fourth-order valence-electron chi connectivity index (χ4n) is 2.18. The third-order valence-corrected chi connectivity index (χ3v) is 3.21. The van der Waals surface area contributed by atoms with Crippen molar-refractivity contribution >= 4 is 5.97 Å². The molecule has 7 nitrogen and oxygen atoms in total.